The van der Waals surface area contributed by atoms with Gasteiger partial charge in [-0.15, -0.1) is 0 Å². The Labute approximate surface area is 93.2 Å². The van der Waals surface area contributed by atoms with Crippen LogP contribution in [0.5, 0.6) is 0 Å². The summed E-state index contributed by atoms with van der Waals surface area (Å²) < 4.78 is 5.43. The lowest BCUT2D eigenvalue weighted by molar-refractivity contribution is 0.177. The fraction of sp³-hybridized carbons (Fsp3) is 0.600. The average Bonchev–Trinajstić information content (AvgIpc) is 2.76. The maximum Gasteiger partial charge on any atom is 0.134 e. The van der Waals surface area contributed by atoms with Crippen LogP contribution in [0.3, 0.4) is 0 Å². The summed E-state index contributed by atoms with van der Waals surface area (Å²) in [7, 11) is 0. The molecule has 15 heavy (non-hydrogen) atoms. The summed E-state index contributed by atoms with van der Waals surface area (Å²) in [6, 6.07) is 1.82. The molecule has 1 aromatic rings. The zero-order valence-corrected chi connectivity index (χ0v) is 9.02. The van der Waals surface area contributed by atoms with Gasteiger partial charge in [-0.1, -0.05) is 11.6 Å². The van der Waals surface area contributed by atoms with E-state index >= 15 is 0 Å². The van der Waals surface area contributed by atoms with Crippen LogP contribution in [0.4, 0.5) is 5.82 Å². The highest BCUT2D eigenvalue weighted by molar-refractivity contribution is 6.29. The van der Waals surface area contributed by atoms with Crippen LogP contribution in [0.25, 0.3) is 0 Å². The van der Waals surface area contributed by atoms with Crippen LogP contribution in [-0.2, 0) is 4.74 Å². The molecule has 3 heterocycles. The molecule has 5 heteroatoms. The molecule has 4 nitrogen and oxygen atoms in total. The van der Waals surface area contributed by atoms with Gasteiger partial charge in [-0.05, 0) is 0 Å². The Hall–Kier alpha value is -0.870. The second kappa shape index (κ2) is 3.61. The van der Waals surface area contributed by atoms with Crippen LogP contribution in [0.1, 0.15) is 0 Å². The average molecular weight is 226 g/mol. The Balaban J connectivity index is 1.79. The predicted octanol–water partition coefficient (Wildman–Crippen LogP) is 1.21. The van der Waals surface area contributed by atoms with E-state index in [0.717, 1.165) is 32.1 Å². The van der Waals surface area contributed by atoms with Crippen molar-refractivity contribution in [2.24, 2.45) is 11.8 Å². The molecular formula is C10H12ClN3O. The maximum atomic E-state index is 5.84. The van der Waals surface area contributed by atoms with Crippen molar-refractivity contribution in [1.29, 1.82) is 0 Å². The smallest absolute Gasteiger partial charge is 0.134 e. The monoisotopic (exact) mass is 225 g/mol. The van der Waals surface area contributed by atoms with Crippen molar-refractivity contribution in [3.8, 4) is 0 Å². The predicted molar refractivity (Wildman–Crippen MR) is 57.1 cm³/mol. The van der Waals surface area contributed by atoms with E-state index in [1.165, 1.54) is 6.33 Å². The molecule has 2 saturated heterocycles. The zero-order chi connectivity index (χ0) is 10.3. The van der Waals surface area contributed by atoms with Crippen LogP contribution in [-0.4, -0.2) is 36.3 Å². The van der Waals surface area contributed by atoms with Gasteiger partial charge in [0.1, 0.15) is 17.3 Å². The third-order valence-electron chi connectivity index (χ3n) is 3.18. The molecule has 80 valence electrons. The molecule has 3 rings (SSSR count). The molecule has 1 aromatic heterocycles. The normalized spacial score (nSPS) is 29.5. The molecule has 0 unspecified atom stereocenters. The van der Waals surface area contributed by atoms with E-state index in [0.29, 0.717) is 17.0 Å². The van der Waals surface area contributed by atoms with E-state index in [-0.39, 0.29) is 0 Å². The van der Waals surface area contributed by atoms with Crippen LogP contribution in [0.15, 0.2) is 12.4 Å². The molecule has 2 aliphatic rings. The van der Waals surface area contributed by atoms with E-state index in [4.69, 9.17) is 16.3 Å². The second-order valence-corrected chi connectivity index (χ2v) is 4.55. The Kier molecular flexibility index (Phi) is 2.25. The van der Waals surface area contributed by atoms with Crippen molar-refractivity contribution >= 4 is 17.4 Å². The van der Waals surface area contributed by atoms with Crippen molar-refractivity contribution in [3.05, 3.63) is 17.5 Å². The summed E-state index contributed by atoms with van der Waals surface area (Å²) in [6.07, 6.45) is 1.52. The highest BCUT2D eigenvalue weighted by atomic mass is 35.5. The largest absolute Gasteiger partial charge is 0.381 e. The van der Waals surface area contributed by atoms with Gasteiger partial charge < -0.3 is 9.64 Å². The molecule has 0 aromatic carbocycles. The minimum absolute atomic E-state index is 0.508. The number of nitrogens with zero attached hydrogens (tertiary/aromatic N) is 3. The maximum absolute atomic E-state index is 5.84. The van der Waals surface area contributed by atoms with Gasteiger partial charge in [-0.25, -0.2) is 9.97 Å². The Bertz CT molecular complexity index is 361. The fourth-order valence-electron chi connectivity index (χ4n) is 2.37. The molecule has 0 N–H and O–H groups in total. The second-order valence-electron chi connectivity index (χ2n) is 4.16. The van der Waals surface area contributed by atoms with Gasteiger partial charge in [0, 0.05) is 31.0 Å². The van der Waals surface area contributed by atoms with E-state index < -0.39 is 0 Å². The quantitative estimate of drug-likeness (QED) is 0.674. The number of fused-ring (bicyclic) bond motifs is 1. The summed E-state index contributed by atoms with van der Waals surface area (Å²) in [4.78, 5) is 10.4. The Morgan fingerprint density at radius 3 is 2.67 bits per heavy atom. The van der Waals surface area contributed by atoms with Crippen LogP contribution >= 0.6 is 11.6 Å². The number of hydrogen-bond donors (Lipinski definition) is 0. The third-order valence-corrected chi connectivity index (χ3v) is 3.39. The molecule has 2 atom stereocenters. The summed E-state index contributed by atoms with van der Waals surface area (Å²) in [5.74, 6) is 2.27. The fourth-order valence-corrected chi connectivity index (χ4v) is 2.51. The topological polar surface area (TPSA) is 38.2 Å². The summed E-state index contributed by atoms with van der Waals surface area (Å²) >= 11 is 5.84. The van der Waals surface area contributed by atoms with Crippen molar-refractivity contribution in [3.63, 3.8) is 0 Å². The van der Waals surface area contributed by atoms with Gasteiger partial charge >= 0.3 is 0 Å². The van der Waals surface area contributed by atoms with Crippen molar-refractivity contribution in [1.82, 2.24) is 9.97 Å². The number of ether oxygens (including phenoxy) is 1. The minimum atomic E-state index is 0.508. The number of hydrogen-bond acceptors (Lipinski definition) is 4. The van der Waals surface area contributed by atoms with Crippen LogP contribution in [0.2, 0.25) is 5.15 Å². The first-order chi connectivity index (χ1) is 7.33. The van der Waals surface area contributed by atoms with Gasteiger partial charge in [0.15, 0.2) is 0 Å². The summed E-state index contributed by atoms with van der Waals surface area (Å²) in [6.45, 7) is 3.83. The SMILES string of the molecule is Clc1cc(N2C[C@@H]3COC[C@H]3C2)ncn1. The molecule has 0 spiro atoms. The molecule has 0 amide bonds. The van der Waals surface area contributed by atoms with Crippen molar-refractivity contribution in [2.75, 3.05) is 31.2 Å². The summed E-state index contributed by atoms with van der Waals surface area (Å²) in [5.41, 5.74) is 0. The lowest BCUT2D eigenvalue weighted by Crippen LogP contribution is -2.23. The lowest BCUT2D eigenvalue weighted by Gasteiger charge is -2.17. The molecule has 0 aliphatic carbocycles. The highest BCUT2D eigenvalue weighted by Crippen LogP contribution is 2.31. The van der Waals surface area contributed by atoms with E-state index in [1.807, 2.05) is 6.07 Å². The van der Waals surface area contributed by atoms with E-state index in [2.05, 4.69) is 14.9 Å². The van der Waals surface area contributed by atoms with Gasteiger partial charge in [0.2, 0.25) is 0 Å². The molecule has 0 radical (unpaired) electrons. The lowest BCUT2D eigenvalue weighted by atomic mass is 10.0. The van der Waals surface area contributed by atoms with Gasteiger partial charge in [-0.2, -0.15) is 0 Å². The van der Waals surface area contributed by atoms with Crippen LogP contribution < -0.4 is 4.90 Å². The van der Waals surface area contributed by atoms with Gasteiger partial charge in [0.25, 0.3) is 0 Å². The van der Waals surface area contributed by atoms with E-state index in [9.17, 15) is 0 Å². The van der Waals surface area contributed by atoms with Crippen molar-refractivity contribution < 1.29 is 4.74 Å². The molecule has 2 fully saturated rings. The van der Waals surface area contributed by atoms with Crippen LogP contribution in [0, 0.1) is 11.8 Å². The highest BCUT2D eigenvalue weighted by Gasteiger charge is 2.37. The molecule has 2 aliphatic heterocycles. The Morgan fingerprint density at radius 1 is 1.27 bits per heavy atom. The number of anilines is 1. The van der Waals surface area contributed by atoms with Gasteiger partial charge in [0.05, 0.1) is 13.2 Å². The zero-order valence-electron chi connectivity index (χ0n) is 8.27. The standard InChI is InChI=1S/C10H12ClN3O/c11-9-1-10(13-6-12-9)14-2-7-4-15-5-8(7)3-14/h1,6-8H,2-5H2/t7-,8-/m1/s1. The molecule has 0 saturated carbocycles. The minimum Gasteiger partial charge on any atom is -0.381 e. The first-order valence-electron chi connectivity index (χ1n) is 5.13. The van der Waals surface area contributed by atoms with Gasteiger partial charge in [-0.3, -0.25) is 0 Å². The molecule has 0 bridgehead atoms. The molecular weight excluding hydrogens is 214 g/mol. The van der Waals surface area contributed by atoms with E-state index in [1.54, 1.807) is 0 Å². The first-order valence-corrected chi connectivity index (χ1v) is 5.51. The van der Waals surface area contributed by atoms with Crippen molar-refractivity contribution in [2.45, 2.75) is 0 Å². The Morgan fingerprint density at radius 2 is 2.00 bits per heavy atom. The number of halogens is 1. The number of aromatic nitrogens is 2. The number of rotatable bonds is 1. The first kappa shape index (κ1) is 9.36. The third kappa shape index (κ3) is 1.68. The summed E-state index contributed by atoms with van der Waals surface area (Å²) in [5, 5.41) is 0.508.